The first-order valence-electron chi connectivity index (χ1n) is 6.56. The molecule has 2 aliphatic rings. The summed E-state index contributed by atoms with van der Waals surface area (Å²) in [5, 5.41) is 6.12. The van der Waals surface area contributed by atoms with Crippen molar-refractivity contribution in [3.63, 3.8) is 0 Å². The highest BCUT2D eigenvalue weighted by molar-refractivity contribution is 6.30. The number of carbonyl (C=O) groups excluding carboxylic acids is 2. The maximum Gasteiger partial charge on any atom is 0.319 e. The minimum atomic E-state index is -0.451. The van der Waals surface area contributed by atoms with E-state index in [9.17, 15) is 9.59 Å². The Morgan fingerprint density at radius 3 is 2.71 bits per heavy atom. The van der Waals surface area contributed by atoms with E-state index in [1.54, 1.807) is 23.1 Å². The molecule has 0 spiro atoms. The van der Waals surface area contributed by atoms with Crippen LogP contribution in [0.1, 0.15) is 11.6 Å². The summed E-state index contributed by atoms with van der Waals surface area (Å²) in [6.07, 6.45) is 1.67. The molecule has 1 atom stereocenters. The summed E-state index contributed by atoms with van der Waals surface area (Å²) >= 11 is 5.89. The van der Waals surface area contributed by atoms with Gasteiger partial charge in [-0.05, 0) is 17.7 Å². The molecule has 2 N–H and O–H groups in total. The van der Waals surface area contributed by atoms with Crippen LogP contribution in [0, 0.1) is 0 Å². The van der Waals surface area contributed by atoms with Crippen LogP contribution in [0.3, 0.4) is 0 Å². The van der Waals surface area contributed by atoms with E-state index in [0.717, 1.165) is 5.56 Å². The summed E-state index contributed by atoms with van der Waals surface area (Å²) in [5.41, 5.74) is 2.07. The Balaban J connectivity index is 1.98. The minimum absolute atomic E-state index is 0.0858. The Morgan fingerprint density at radius 2 is 2.05 bits per heavy atom. The summed E-state index contributed by atoms with van der Waals surface area (Å²) in [6.45, 7) is 4.50. The molecule has 108 valence electrons. The fraction of sp³-hybridized carbons (Fsp3) is 0.200. The van der Waals surface area contributed by atoms with Gasteiger partial charge in [0.25, 0.3) is 5.91 Å². The van der Waals surface area contributed by atoms with Gasteiger partial charge in [0, 0.05) is 11.6 Å². The molecule has 2 heterocycles. The molecule has 6 heteroatoms. The zero-order valence-electron chi connectivity index (χ0n) is 11.2. The predicted octanol–water partition coefficient (Wildman–Crippen LogP) is 1.98. The number of nitrogens with zero attached hydrogens (tertiary/aromatic N) is 1. The predicted molar refractivity (Wildman–Crippen MR) is 79.7 cm³/mol. The lowest BCUT2D eigenvalue weighted by Crippen LogP contribution is -2.44. The molecule has 21 heavy (non-hydrogen) atoms. The van der Waals surface area contributed by atoms with Gasteiger partial charge in [-0.1, -0.05) is 29.8 Å². The van der Waals surface area contributed by atoms with E-state index in [0.29, 0.717) is 29.4 Å². The Labute approximate surface area is 127 Å². The third-order valence-electron chi connectivity index (χ3n) is 3.57. The van der Waals surface area contributed by atoms with E-state index >= 15 is 0 Å². The molecule has 2 aliphatic heterocycles. The van der Waals surface area contributed by atoms with E-state index in [1.165, 1.54) is 0 Å². The topological polar surface area (TPSA) is 61.4 Å². The summed E-state index contributed by atoms with van der Waals surface area (Å²) in [5.74, 6) is -0.0858. The summed E-state index contributed by atoms with van der Waals surface area (Å²) in [7, 11) is 0. The van der Waals surface area contributed by atoms with Gasteiger partial charge in [-0.15, -0.1) is 6.58 Å². The number of amides is 3. The van der Waals surface area contributed by atoms with Crippen LogP contribution in [0.5, 0.6) is 0 Å². The number of benzene rings is 1. The Kier molecular flexibility index (Phi) is 3.43. The smallest absolute Gasteiger partial charge is 0.319 e. The molecule has 5 nitrogen and oxygen atoms in total. The molecule has 0 aliphatic carbocycles. The highest BCUT2D eigenvalue weighted by atomic mass is 35.5. The minimum Gasteiger partial charge on any atom is -0.329 e. The third-order valence-corrected chi connectivity index (χ3v) is 3.83. The normalized spacial score (nSPS) is 21.0. The molecule has 0 aromatic heterocycles. The van der Waals surface area contributed by atoms with E-state index in [1.807, 2.05) is 12.1 Å². The molecule has 1 aromatic rings. The van der Waals surface area contributed by atoms with Crippen molar-refractivity contribution in [1.82, 2.24) is 15.5 Å². The fourth-order valence-electron chi connectivity index (χ4n) is 2.64. The van der Waals surface area contributed by atoms with Gasteiger partial charge in [0.1, 0.15) is 0 Å². The molecule has 0 radical (unpaired) electrons. The van der Waals surface area contributed by atoms with Gasteiger partial charge in [0.2, 0.25) is 0 Å². The first-order valence-corrected chi connectivity index (χ1v) is 6.94. The molecule has 3 amide bonds. The standard InChI is InChI=1S/C15H14ClN3O2/c1-2-7-19-8-11-12(14(19)20)13(18-15(21)17-11)9-3-5-10(16)6-4-9/h2-6,13H,1,7-8H2,(H2,17,18,21). The molecule has 3 rings (SSSR count). The molecule has 0 saturated heterocycles. The second kappa shape index (κ2) is 5.26. The van der Waals surface area contributed by atoms with Crippen LogP contribution in [0.25, 0.3) is 0 Å². The summed E-state index contributed by atoms with van der Waals surface area (Å²) < 4.78 is 0. The van der Waals surface area contributed by atoms with Crippen molar-refractivity contribution >= 4 is 23.5 Å². The second-order valence-corrected chi connectivity index (χ2v) is 5.39. The first kappa shape index (κ1) is 13.7. The second-order valence-electron chi connectivity index (χ2n) is 4.95. The van der Waals surface area contributed by atoms with Gasteiger partial charge >= 0.3 is 6.03 Å². The molecule has 1 aromatic carbocycles. The number of nitrogens with one attached hydrogen (secondary N) is 2. The van der Waals surface area contributed by atoms with Crippen LogP contribution in [0.2, 0.25) is 5.02 Å². The van der Waals surface area contributed by atoms with Gasteiger partial charge in [0.05, 0.1) is 23.9 Å². The number of halogens is 1. The van der Waals surface area contributed by atoms with E-state index in [-0.39, 0.29) is 11.9 Å². The summed E-state index contributed by atoms with van der Waals surface area (Å²) in [6, 6.07) is 6.35. The largest absolute Gasteiger partial charge is 0.329 e. The monoisotopic (exact) mass is 303 g/mol. The van der Waals surface area contributed by atoms with E-state index in [4.69, 9.17) is 11.6 Å². The fourth-order valence-corrected chi connectivity index (χ4v) is 2.76. The Bertz CT molecular complexity index is 651. The highest BCUT2D eigenvalue weighted by Crippen LogP contribution is 2.32. The lowest BCUT2D eigenvalue weighted by Gasteiger charge is -2.25. The van der Waals surface area contributed by atoms with Crippen molar-refractivity contribution in [2.75, 3.05) is 13.1 Å². The average molecular weight is 304 g/mol. The van der Waals surface area contributed by atoms with Crippen LogP contribution >= 0.6 is 11.6 Å². The van der Waals surface area contributed by atoms with Crippen LogP contribution in [-0.4, -0.2) is 29.9 Å². The van der Waals surface area contributed by atoms with E-state index in [2.05, 4.69) is 17.2 Å². The van der Waals surface area contributed by atoms with Gasteiger partial charge in [0.15, 0.2) is 0 Å². The van der Waals surface area contributed by atoms with Crippen LogP contribution < -0.4 is 10.6 Å². The van der Waals surface area contributed by atoms with Crippen molar-refractivity contribution < 1.29 is 9.59 Å². The van der Waals surface area contributed by atoms with Crippen molar-refractivity contribution in [2.45, 2.75) is 6.04 Å². The molecule has 0 fully saturated rings. The number of hydrogen-bond donors (Lipinski definition) is 2. The van der Waals surface area contributed by atoms with Gasteiger partial charge in [-0.2, -0.15) is 0 Å². The van der Waals surface area contributed by atoms with Gasteiger partial charge in [-0.3, -0.25) is 4.79 Å². The maximum atomic E-state index is 12.5. The van der Waals surface area contributed by atoms with Gasteiger partial charge < -0.3 is 15.5 Å². The average Bonchev–Trinajstić information content (AvgIpc) is 2.76. The zero-order valence-corrected chi connectivity index (χ0v) is 12.0. The lowest BCUT2D eigenvalue weighted by atomic mass is 9.96. The summed E-state index contributed by atoms with van der Waals surface area (Å²) in [4.78, 5) is 25.9. The van der Waals surface area contributed by atoms with Crippen molar-refractivity contribution in [1.29, 1.82) is 0 Å². The third kappa shape index (κ3) is 2.40. The highest BCUT2D eigenvalue weighted by Gasteiger charge is 2.39. The Hall–Kier alpha value is -2.27. The number of urea groups is 1. The number of rotatable bonds is 3. The molecular weight excluding hydrogens is 290 g/mol. The zero-order chi connectivity index (χ0) is 15.0. The maximum absolute atomic E-state index is 12.5. The van der Waals surface area contributed by atoms with Crippen LogP contribution in [0.15, 0.2) is 48.2 Å². The quantitative estimate of drug-likeness (QED) is 0.839. The molecule has 0 bridgehead atoms. The number of hydrogen-bond acceptors (Lipinski definition) is 2. The van der Waals surface area contributed by atoms with Crippen LogP contribution in [0.4, 0.5) is 4.79 Å². The van der Waals surface area contributed by atoms with E-state index < -0.39 is 6.04 Å². The lowest BCUT2D eigenvalue weighted by molar-refractivity contribution is -0.125. The Morgan fingerprint density at radius 1 is 1.33 bits per heavy atom. The first-order chi connectivity index (χ1) is 10.1. The SMILES string of the molecule is C=CCN1CC2=C(C1=O)C(c1ccc(Cl)cc1)NC(=O)N2. The van der Waals surface area contributed by atoms with Crippen molar-refractivity contribution in [3.05, 3.63) is 58.8 Å². The van der Waals surface area contributed by atoms with Crippen LogP contribution in [-0.2, 0) is 4.79 Å². The molecular formula is C15H14ClN3O2. The van der Waals surface area contributed by atoms with Crippen molar-refractivity contribution in [2.24, 2.45) is 0 Å². The van der Waals surface area contributed by atoms with Gasteiger partial charge in [-0.25, -0.2) is 4.79 Å². The number of carbonyl (C=O) groups is 2. The molecule has 0 saturated carbocycles. The molecule has 1 unspecified atom stereocenters. The van der Waals surface area contributed by atoms with Crippen molar-refractivity contribution in [3.8, 4) is 0 Å².